The number of rotatable bonds is 4. The highest BCUT2D eigenvalue weighted by molar-refractivity contribution is 7.92. The third-order valence-electron chi connectivity index (χ3n) is 2.93. The number of carbonyl (C=O) groups excluding carboxylic acids is 1. The standard InChI is InChI=1S/C12H14ClNO5S/c1-12(2,20(3,18)19)11(17)14-9-5-4-7(13)6-8(9)10(15)16/h4-6H,1-3H3,(H,14,17)(H,15,16). The Morgan fingerprint density at radius 1 is 1.30 bits per heavy atom. The number of carboxylic acids is 1. The summed E-state index contributed by atoms with van der Waals surface area (Å²) in [5.41, 5.74) is -0.223. The third kappa shape index (κ3) is 3.29. The van der Waals surface area contributed by atoms with Gasteiger partial charge in [-0.3, -0.25) is 4.79 Å². The van der Waals surface area contributed by atoms with Gasteiger partial charge in [0.1, 0.15) is 4.75 Å². The Bertz CT molecular complexity index is 666. The lowest BCUT2D eigenvalue weighted by Gasteiger charge is -2.22. The number of hydrogen-bond acceptors (Lipinski definition) is 4. The normalized spacial score (nSPS) is 12.0. The fourth-order valence-electron chi connectivity index (χ4n) is 1.24. The second-order valence-electron chi connectivity index (χ2n) is 4.73. The minimum Gasteiger partial charge on any atom is -0.478 e. The van der Waals surface area contributed by atoms with Crippen molar-refractivity contribution in [1.82, 2.24) is 0 Å². The quantitative estimate of drug-likeness (QED) is 0.881. The van der Waals surface area contributed by atoms with Gasteiger partial charge in [-0.05, 0) is 32.0 Å². The molecule has 0 aromatic heterocycles. The van der Waals surface area contributed by atoms with Gasteiger partial charge in [0.15, 0.2) is 9.84 Å². The molecule has 0 bridgehead atoms. The van der Waals surface area contributed by atoms with Crippen LogP contribution in [0.15, 0.2) is 18.2 Å². The molecule has 8 heteroatoms. The summed E-state index contributed by atoms with van der Waals surface area (Å²) >= 11 is 5.69. The number of sulfone groups is 1. The van der Waals surface area contributed by atoms with Gasteiger partial charge >= 0.3 is 5.97 Å². The molecule has 2 N–H and O–H groups in total. The fraction of sp³-hybridized carbons (Fsp3) is 0.333. The molecule has 110 valence electrons. The largest absolute Gasteiger partial charge is 0.478 e. The summed E-state index contributed by atoms with van der Waals surface area (Å²) in [7, 11) is -3.65. The van der Waals surface area contributed by atoms with Gasteiger partial charge in [0.25, 0.3) is 0 Å². The zero-order valence-corrected chi connectivity index (χ0v) is 12.7. The van der Waals surface area contributed by atoms with Crippen molar-refractivity contribution < 1.29 is 23.1 Å². The minimum atomic E-state index is -3.65. The van der Waals surface area contributed by atoms with Crippen LogP contribution in [0, 0.1) is 0 Å². The summed E-state index contributed by atoms with van der Waals surface area (Å²) < 4.78 is 21.4. The summed E-state index contributed by atoms with van der Waals surface area (Å²) in [4.78, 5) is 23.1. The van der Waals surface area contributed by atoms with E-state index in [4.69, 9.17) is 16.7 Å². The predicted molar refractivity (Wildman–Crippen MR) is 76.0 cm³/mol. The Hall–Kier alpha value is -1.60. The Labute approximate surface area is 121 Å². The van der Waals surface area contributed by atoms with E-state index in [0.717, 1.165) is 6.26 Å². The molecule has 0 saturated carbocycles. The monoisotopic (exact) mass is 319 g/mol. The van der Waals surface area contributed by atoms with E-state index in [2.05, 4.69) is 5.32 Å². The van der Waals surface area contributed by atoms with Gasteiger partial charge in [0, 0.05) is 11.3 Å². The van der Waals surface area contributed by atoms with Crippen LogP contribution in [0.2, 0.25) is 5.02 Å². The number of nitrogens with one attached hydrogen (secondary N) is 1. The molecule has 1 aromatic rings. The summed E-state index contributed by atoms with van der Waals surface area (Å²) in [6.45, 7) is 2.49. The average Bonchev–Trinajstić information content (AvgIpc) is 2.29. The molecular formula is C12H14ClNO5S. The Balaban J connectivity index is 3.18. The summed E-state index contributed by atoms with van der Waals surface area (Å²) in [6.07, 6.45) is 0.937. The molecule has 1 rings (SSSR count). The van der Waals surface area contributed by atoms with Crippen molar-refractivity contribution >= 4 is 39.0 Å². The van der Waals surface area contributed by atoms with E-state index < -0.39 is 26.5 Å². The molecular weight excluding hydrogens is 306 g/mol. The van der Waals surface area contributed by atoms with Crippen LogP contribution in [0.3, 0.4) is 0 Å². The Morgan fingerprint density at radius 2 is 1.85 bits per heavy atom. The van der Waals surface area contributed by atoms with E-state index in [0.29, 0.717) is 0 Å². The first-order valence-corrected chi connectivity index (χ1v) is 7.77. The van der Waals surface area contributed by atoms with Gasteiger partial charge in [0.05, 0.1) is 11.3 Å². The number of hydrogen-bond donors (Lipinski definition) is 2. The molecule has 1 amide bonds. The van der Waals surface area contributed by atoms with Crippen molar-refractivity contribution in [3.8, 4) is 0 Å². The first kappa shape index (κ1) is 16.5. The van der Waals surface area contributed by atoms with Crippen LogP contribution >= 0.6 is 11.6 Å². The minimum absolute atomic E-state index is 0.0105. The lowest BCUT2D eigenvalue weighted by Crippen LogP contribution is -2.44. The van der Waals surface area contributed by atoms with Crippen LogP contribution in [0.4, 0.5) is 5.69 Å². The molecule has 0 fully saturated rings. The van der Waals surface area contributed by atoms with Crippen LogP contribution < -0.4 is 5.32 Å². The van der Waals surface area contributed by atoms with E-state index in [1.807, 2.05) is 0 Å². The number of halogens is 1. The smallest absolute Gasteiger partial charge is 0.337 e. The molecule has 0 spiro atoms. The number of aromatic carboxylic acids is 1. The molecule has 0 aliphatic rings. The van der Waals surface area contributed by atoms with E-state index in [-0.39, 0.29) is 16.3 Å². The first-order valence-electron chi connectivity index (χ1n) is 5.50. The maximum absolute atomic E-state index is 12.0. The molecule has 0 radical (unpaired) electrons. The van der Waals surface area contributed by atoms with Crippen molar-refractivity contribution in [3.63, 3.8) is 0 Å². The Morgan fingerprint density at radius 3 is 2.30 bits per heavy atom. The van der Waals surface area contributed by atoms with Crippen molar-refractivity contribution in [2.24, 2.45) is 0 Å². The molecule has 0 saturated heterocycles. The van der Waals surface area contributed by atoms with Gasteiger partial charge in [-0.2, -0.15) is 0 Å². The number of amides is 1. The third-order valence-corrected chi connectivity index (χ3v) is 5.21. The molecule has 0 atom stereocenters. The number of anilines is 1. The zero-order chi connectivity index (χ0) is 15.7. The lowest BCUT2D eigenvalue weighted by atomic mass is 10.1. The van der Waals surface area contributed by atoms with Gasteiger partial charge in [-0.25, -0.2) is 13.2 Å². The van der Waals surface area contributed by atoms with E-state index >= 15 is 0 Å². The molecule has 0 unspecified atom stereocenters. The zero-order valence-electron chi connectivity index (χ0n) is 11.1. The van der Waals surface area contributed by atoms with E-state index in [1.165, 1.54) is 32.0 Å². The van der Waals surface area contributed by atoms with Crippen molar-refractivity contribution in [2.75, 3.05) is 11.6 Å². The molecule has 0 aliphatic heterocycles. The topological polar surface area (TPSA) is 101 Å². The summed E-state index contributed by atoms with van der Waals surface area (Å²) in [6, 6.07) is 3.88. The number of carboxylic acid groups (broad SMARTS) is 1. The van der Waals surface area contributed by atoms with Gasteiger partial charge in [-0.15, -0.1) is 0 Å². The summed E-state index contributed by atoms with van der Waals surface area (Å²) in [5, 5.41) is 11.5. The average molecular weight is 320 g/mol. The van der Waals surface area contributed by atoms with Crippen LogP contribution in [0.1, 0.15) is 24.2 Å². The van der Waals surface area contributed by atoms with Crippen molar-refractivity contribution in [3.05, 3.63) is 28.8 Å². The molecule has 1 aromatic carbocycles. The van der Waals surface area contributed by atoms with Crippen LogP contribution in [-0.4, -0.2) is 36.4 Å². The number of benzene rings is 1. The maximum Gasteiger partial charge on any atom is 0.337 e. The van der Waals surface area contributed by atoms with Crippen LogP contribution in [-0.2, 0) is 14.6 Å². The lowest BCUT2D eigenvalue weighted by molar-refractivity contribution is -0.117. The van der Waals surface area contributed by atoms with Crippen LogP contribution in [0.25, 0.3) is 0 Å². The first-order chi connectivity index (χ1) is 8.96. The SMILES string of the molecule is CC(C)(C(=O)Nc1ccc(Cl)cc1C(=O)O)S(C)(=O)=O. The fourth-order valence-corrected chi connectivity index (χ4v) is 1.80. The maximum atomic E-state index is 12.0. The highest BCUT2D eigenvalue weighted by Crippen LogP contribution is 2.23. The van der Waals surface area contributed by atoms with E-state index in [9.17, 15) is 18.0 Å². The second-order valence-corrected chi connectivity index (χ2v) is 7.73. The molecule has 20 heavy (non-hydrogen) atoms. The highest BCUT2D eigenvalue weighted by Gasteiger charge is 2.38. The van der Waals surface area contributed by atoms with Gasteiger partial charge < -0.3 is 10.4 Å². The predicted octanol–water partition coefficient (Wildman–Crippen LogP) is 1.80. The van der Waals surface area contributed by atoms with E-state index in [1.54, 1.807) is 0 Å². The highest BCUT2D eigenvalue weighted by atomic mass is 35.5. The number of carbonyl (C=O) groups is 2. The Kier molecular flexibility index (Phi) is 4.45. The summed E-state index contributed by atoms with van der Waals surface area (Å²) in [5.74, 6) is -2.09. The molecule has 0 aliphatic carbocycles. The second kappa shape index (κ2) is 5.41. The molecule has 0 heterocycles. The van der Waals surface area contributed by atoms with Crippen molar-refractivity contribution in [1.29, 1.82) is 0 Å². The van der Waals surface area contributed by atoms with Gasteiger partial charge in [0.2, 0.25) is 5.91 Å². The van der Waals surface area contributed by atoms with Gasteiger partial charge in [-0.1, -0.05) is 11.6 Å². The van der Waals surface area contributed by atoms with Crippen molar-refractivity contribution in [2.45, 2.75) is 18.6 Å². The molecule has 6 nitrogen and oxygen atoms in total. The van der Waals surface area contributed by atoms with Crippen LogP contribution in [0.5, 0.6) is 0 Å².